The molecular formula is C15H19N3O. The molecule has 1 aromatic heterocycles. The van der Waals surface area contributed by atoms with Crippen molar-refractivity contribution in [3.63, 3.8) is 0 Å². The summed E-state index contributed by atoms with van der Waals surface area (Å²) in [7, 11) is 0. The summed E-state index contributed by atoms with van der Waals surface area (Å²) in [6.45, 7) is 6.44. The normalized spacial score (nSPS) is 12.2. The molecule has 2 rings (SSSR count). The summed E-state index contributed by atoms with van der Waals surface area (Å²) in [4.78, 5) is 4.34. The van der Waals surface area contributed by atoms with Gasteiger partial charge < -0.3 is 10.3 Å². The maximum atomic E-state index is 5.63. The summed E-state index contributed by atoms with van der Waals surface area (Å²) in [6.07, 6.45) is 4.53. The van der Waals surface area contributed by atoms with Crippen LogP contribution in [0.25, 0.3) is 12.2 Å². The molecule has 2 N–H and O–H groups in total. The summed E-state index contributed by atoms with van der Waals surface area (Å²) in [5.41, 5.74) is 7.58. The SMILES string of the molecule is CC(C)(C)Cc1noc(/C=C/c2ccc(N)cc2)n1. The van der Waals surface area contributed by atoms with Gasteiger partial charge >= 0.3 is 0 Å². The number of hydrogen-bond acceptors (Lipinski definition) is 4. The largest absolute Gasteiger partial charge is 0.399 e. The predicted octanol–water partition coefficient (Wildman–Crippen LogP) is 3.41. The zero-order valence-electron chi connectivity index (χ0n) is 11.6. The van der Waals surface area contributed by atoms with Gasteiger partial charge in [0.15, 0.2) is 5.82 Å². The maximum Gasteiger partial charge on any atom is 0.250 e. The second kappa shape index (κ2) is 5.26. The van der Waals surface area contributed by atoms with Crippen LogP contribution in [0.5, 0.6) is 0 Å². The van der Waals surface area contributed by atoms with E-state index in [-0.39, 0.29) is 5.41 Å². The average molecular weight is 257 g/mol. The molecule has 2 aromatic rings. The number of nitrogen functional groups attached to an aromatic ring is 1. The summed E-state index contributed by atoms with van der Waals surface area (Å²) in [5.74, 6) is 1.26. The van der Waals surface area contributed by atoms with Gasteiger partial charge in [-0.25, -0.2) is 0 Å². The minimum Gasteiger partial charge on any atom is -0.399 e. The van der Waals surface area contributed by atoms with E-state index >= 15 is 0 Å². The average Bonchev–Trinajstić information content (AvgIpc) is 2.73. The first kappa shape index (κ1) is 13.3. The minimum atomic E-state index is 0.155. The highest BCUT2D eigenvalue weighted by molar-refractivity contribution is 5.66. The minimum absolute atomic E-state index is 0.155. The molecule has 0 spiro atoms. The summed E-state index contributed by atoms with van der Waals surface area (Å²) in [6, 6.07) is 7.60. The predicted molar refractivity (Wildman–Crippen MR) is 77.2 cm³/mol. The highest BCUT2D eigenvalue weighted by Crippen LogP contribution is 2.19. The molecule has 4 nitrogen and oxygen atoms in total. The molecular weight excluding hydrogens is 238 g/mol. The molecule has 1 heterocycles. The third kappa shape index (κ3) is 4.25. The quantitative estimate of drug-likeness (QED) is 0.856. The number of rotatable bonds is 3. The number of benzene rings is 1. The van der Waals surface area contributed by atoms with Crippen molar-refractivity contribution in [3.8, 4) is 0 Å². The molecule has 0 radical (unpaired) electrons. The van der Waals surface area contributed by atoms with Gasteiger partial charge in [0.1, 0.15) is 0 Å². The van der Waals surface area contributed by atoms with E-state index in [1.165, 1.54) is 0 Å². The van der Waals surface area contributed by atoms with Gasteiger partial charge in [-0.15, -0.1) is 0 Å². The molecule has 0 aliphatic heterocycles. The van der Waals surface area contributed by atoms with Crippen LogP contribution in [0.4, 0.5) is 5.69 Å². The molecule has 0 unspecified atom stereocenters. The van der Waals surface area contributed by atoms with Crippen LogP contribution in [0.15, 0.2) is 28.8 Å². The molecule has 0 aliphatic rings. The number of aromatic nitrogens is 2. The van der Waals surface area contributed by atoms with Crippen LogP contribution in [0.3, 0.4) is 0 Å². The third-order valence-electron chi connectivity index (χ3n) is 2.53. The van der Waals surface area contributed by atoms with Crippen LogP contribution in [-0.2, 0) is 6.42 Å². The Morgan fingerprint density at radius 1 is 1.16 bits per heavy atom. The van der Waals surface area contributed by atoms with E-state index in [1.54, 1.807) is 0 Å². The molecule has 0 aliphatic carbocycles. The Hall–Kier alpha value is -2.10. The van der Waals surface area contributed by atoms with Gasteiger partial charge in [-0.2, -0.15) is 4.98 Å². The molecule has 100 valence electrons. The van der Waals surface area contributed by atoms with Crippen molar-refractivity contribution in [2.24, 2.45) is 5.41 Å². The maximum absolute atomic E-state index is 5.63. The Labute approximate surface area is 113 Å². The van der Waals surface area contributed by atoms with Crippen molar-refractivity contribution in [2.75, 3.05) is 5.73 Å². The first-order chi connectivity index (χ1) is 8.92. The van der Waals surface area contributed by atoms with E-state index in [0.29, 0.717) is 5.89 Å². The van der Waals surface area contributed by atoms with Crippen LogP contribution in [0, 0.1) is 5.41 Å². The van der Waals surface area contributed by atoms with E-state index < -0.39 is 0 Å². The molecule has 0 atom stereocenters. The zero-order valence-corrected chi connectivity index (χ0v) is 11.6. The Bertz CT molecular complexity index is 562. The lowest BCUT2D eigenvalue weighted by Crippen LogP contribution is -2.10. The lowest BCUT2D eigenvalue weighted by atomic mass is 9.92. The first-order valence-electron chi connectivity index (χ1n) is 6.29. The van der Waals surface area contributed by atoms with E-state index in [2.05, 4.69) is 30.9 Å². The highest BCUT2D eigenvalue weighted by atomic mass is 16.5. The molecule has 0 saturated heterocycles. The van der Waals surface area contributed by atoms with Crippen molar-refractivity contribution in [1.82, 2.24) is 10.1 Å². The van der Waals surface area contributed by atoms with Gasteiger partial charge in [0.2, 0.25) is 0 Å². The van der Waals surface area contributed by atoms with Crippen molar-refractivity contribution < 1.29 is 4.52 Å². The molecule has 19 heavy (non-hydrogen) atoms. The van der Waals surface area contributed by atoms with Crippen molar-refractivity contribution in [2.45, 2.75) is 27.2 Å². The lowest BCUT2D eigenvalue weighted by molar-refractivity contribution is 0.368. The van der Waals surface area contributed by atoms with Crippen molar-refractivity contribution in [1.29, 1.82) is 0 Å². The fraction of sp³-hybridized carbons (Fsp3) is 0.333. The topological polar surface area (TPSA) is 64.9 Å². The van der Waals surface area contributed by atoms with Gasteiger partial charge in [-0.1, -0.05) is 38.1 Å². The summed E-state index contributed by atoms with van der Waals surface area (Å²) < 4.78 is 5.18. The van der Waals surface area contributed by atoms with E-state index in [9.17, 15) is 0 Å². The van der Waals surface area contributed by atoms with Crippen molar-refractivity contribution in [3.05, 3.63) is 41.5 Å². The number of hydrogen-bond donors (Lipinski definition) is 1. The van der Waals surface area contributed by atoms with E-state index in [0.717, 1.165) is 23.5 Å². The van der Waals surface area contributed by atoms with Crippen molar-refractivity contribution >= 4 is 17.8 Å². The lowest BCUT2D eigenvalue weighted by Gasteiger charge is -2.14. The molecule has 4 heteroatoms. The fourth-order valence-corrected chi connectivity index (χ4v) is 1.66. The third-order valence-corrected chi connectivity index (χ3v) is 2.53. The smallest absolute Gasteiger partial charge is 0.250 e. The molecule has 1 aromatic carbocycles. The van der Waals surface area contributed by atoms with Crippen LogP contribution in [0.1, 0.15) is 38.0 Å². The highest BCUT2D eigenvalue weighted by Gasteiger charge is 2.15. The summed E-state index contributed by atoms with van der Waals surface area (Å²) >= 11 is 0. The number of nitrogens with two attached hydrogens (primary N) is 1. The van der Waals surface area contributed by atoms with Crippen LogP contribution < -0.4 is 5.73 Å². The second-order valence-electron chi connectivity index (χ2n) is 5.79. The van der Waals surface area contributed by atoms with Crippen LogP contribution >= 0.6 is 0 Å². The van der Waals surface area contributed by atoms with Gasteiger partial charge in [0, 0.05) is 18.2 Å². The van der Waals surface area contributed by atoms with E-state index in [1.807, 2.05) is 36.4 Å². The second-order valence-corrected chi connectivity index (χ2v) is 5.79. The monoisotopic (exact) mass is 257 g/mol. The Morgan fingerprint density at radius 3 is 2.47 bits per heavy atom. The van der Waals surface area contributed by atoms with E-state index in [4.69, 9.17) is 10.3 Å². The molecule has 0 fully saturated rings. The number of anilines is 1. The standard InChI is InChI=1S/C15H19N3O/c1-15(2,3)10-13-17-14(19-18-13)9-6-11-4-7-12(16)8-5-11/h4-9H,10,16H2,1-3H3/b9-6+. The fourth-order valence-electron chi connectivity index (χ4n) is 1.66. The van der Waals surface area contributed by atoms with Crippen LogP contribution in [-0.4, -0.2) is 10.1 Å². The summed E-state index contributed by atoms with van der Waals surface area (Å²) in [5, 5.41) is 3.97. The first-order valence-corrected chi connectivity index (χ1v) is 6.29. The van der Waals surface area contributed by atoms with Crippen LogP contribution in [0.2, 0.25) is 0 Å². The van der Waals surface area contributed by atoms with Gasteiger partial charge in [0.05, 0.1) is 0 Å². The van der Waals surface area contributed by atoms with Gasteiger partial charge in [0.25, 0.3) is 5.89 Å². The Morgan fingerprint density at radius 2 is 1.84 bits per heavy atom. The van der Waals surface area contributed by atoms with Gasteiger partial charge in [-0.3, -0.25) is 0 Å². The zero-order chi connectivity index (χ0) is 13.9. The Balaban J connectivity index is 2.05. The molecule has 0 bridgehead atoms. The molecule has 0 saturated carbocycles. The van der Waals surface area contributed by atoms with Gasteiger partial charge in [-0.05, 0) is 29.2 Å². The number of nitrogens with zero attached hydrogens (tertiary/aromatic N) is 2. The molecule has 0 amide bonds. The Kier molecular flexibility index (Phi) is 3.69.